The van der Waals surface area contributed by atoms with E-state index in [9.17, 15) is 0 Å². The van der Waals surface area contributed by atoms with Gasteiger partial charge in [0.15, 0.2) is 0 Å². The van der Waals surface area contributed by atoms with Crippen molar-refractivity contribution in [3.8, 4) is 0 Å². The number of hydrogen-bond donors (Lipinski definition) is 2. The minimum absolute atomic E-state index is 0.486. The Hall–Kier alpha value is -0.740. The molecule has 3 rings (SSSR count). The van der Waals surface area contributed by atoms with Crippen molar-refractivity contribution in [2.75, 3.05) is 17.6 Å². The molecule has 17 heavy (non-hydrogen) atoms. The van der Waals surface area contributed by atoms with Crippen molar-refractivity contribution in [2.45, 2.75) is 31.5 Å². The van der Waals surface area contributed by atoms with Crippen LogP contribution in [0.3, 0.4) is 0 Å². The molecule has 3 N–H and O–H groups in total. The van der Waals surface area contributed by atoms with E-state index >= 15 is 0 Å². The first kappa shape index (κ1) is 11.4. The molecule has 0 saturated carbocycles. The maximum atomic E-state index is 5.85. The van der Waals surface area contributed by atoms with E-state index in [1.165, 1.54) is 19.3 Å². The maximum Gasteiger partial charge on any atom is 0.0625 e. The Morgan fingerprint density at radius 3 is 2.94 bits per heavy atom. The van der Waals surface area contributed by atoms with Crippen molar-refractivity contribution in [2.24, 2.45) is 5.92 Å². The number of hydrogen-bond acceptors (Lipinski definition) is 3. The summed E-state index contributed by atoms with van der Waals surface area (Å²) in [7, 11) is 0. The molecule has 4 heteroatoms. The molecule has 0 aromatic heterocycles. The summed E-state index contributed by atoms with van der Waals surface area (Å²) in [6.07, 6.45) is 4.72. The van der Waals surface area contributed by atoms with Crippen LogP contribution in [0.1, 0.15) is 19.3 Å². The van der Waals surface area contributed by atoms with Crippen molar-refractivity contribution >= 4 is 27.3 Å². The minimum atomic E-state index is 0.486. The van der Waals surface area contributed by atoms with Crippen LogP contribution in [0.5, 0.6) is 0 Å². The Kier molecular flexibility index (Phi) is 3.01. The van der Waals surface area contributed by atoms with Gasteiger partial charge in [0, 0.05) is 28.3 Å². The van der Waals surface area contributed by atoms with E-state index in [4.69, 9.17) is 10.5 Å². The topological polar surface area (TPSA) is 47.3 Å². The number of rotatable bonds is 3. The molecule has 2 bridgehead atoms. The second-order valence-electron chi connectivity index (χ2n) is 4.99. The van der Waals surface area contributed by atoms with Crippen LogP contribution >= 0.6 is 15.9 Å². The van der Waals surface area contributed by atoms with Gasteiger partial charge in [0.1, 0.15) is 0 Å². The summed E-state index contributed by atoms with van der Waals surface area (Å²) >= 11 is 3.52. The van der Waals surface area contributed by atoms with E-state index < -0.39 is 0 Å². The summed E-state index contributed by atoms with van der Waals surface area (Å²) in [5.74, 6) is 0.665. The summed E-state index contributed by atoms with van der Waals surface area (Å²) in [6, 6.07) is 5.87. The number of anilines is 2. The zero-order valence-corrected chi connectivity index (χ0v) is 11.2. The summed E-state index contributed by atoms with van der Waals surface area (Å²) < 4.78 is 6.88. The SMILES string of the molecule is Nc1ccc(NCC2CC3CCC2O3)c(Br)c1. The van der Waals surface area contributed by atoms with Gasteiger partial charge < -0.3 is 15.8 Å². The van der Waals surface area contributed by atoms with Crippen molar-refractivity contribution in [1.29, 1.82) is 0 Å². The van der Waals surface area contributed by atoms with Crippen molar-refractivity contribution in [3.05, 3.63) is 22.7 Å². The molecule has 3 unspecified atom stereocenters. The lowest BCUT2D eigenvalue weighted by molar-refractivity contribution is 0.0941. The van der Waals surface area contributed by atoms with Crippen molar-refractivity contribution in [1.82, 2.24) is 0 Å². The number of nitrogens with two attached hydrogens (primary N) is 1. The van der Waals surface area contributed by atoms with Crippen LogP contribution in [0.4, 0.5) is 11.4 Å². The number of nitrogen functional groups attached to an aromatic ring is 1. The van der Waals surface area contributed by atoms with Crippen LogP contribution in [0.2, 0.25) is 0 Å². The quantitative estimate of drug-likeness (QED) is 0.843. The molecular formula is C13H17BrN2O. The van der Waals surface area contributed by atoms with Gasteiger partial charge in [-0.1, -0.05) is 0 Å². The first-order valence-corrected chi connectivity index (χ1v) is 6.96. The first-order valence-electron chi connectivity index (χ1n) is 6.17. The van der Waals surface area contributed by atoms with Gasteiger partial charge in [-0.3, -0.25) is 0 Å². The lowest BCUT2D eigenvalue weighted by Gasteiger charge is -2.20. The largest absolute Gasteiger partial charge is 0.399 e. The molecule has 1 aromatic rings. The Bertz CT molecular complexity index is 424. The Balaban J connectivity index is 1.60. The second-order valence-corrected chi connectivity index (χ2v) is 5.84. The number of benzene rings is 1. The molecular weight excluding hydrogens is 280 g/mol. The predicted molar refractivity (Wildman–Crippen MR) is 73.0 cm³/mol. The molecule has 2 saturated heterocycles. The molecule has 0 amide bonds. The van der Waals surface area contributed by atoms with Crippen LogP contribution in [0.15, 0.2) is 22.7 Å². The molecule has 0 radical (unpaired) electrons. The van der Waals surface area contributed by atoms with E-state index in [2.05, 4.69) is 21.2 Å². The van der Waals surface area contributed by atoms with Gasteiger partial charge in [0.05, 0.1) is 12.2 Å². The number of ether oxygens (including phenoxy) is 1. The van der Waals surface area contributed by atoms with Crippen LogP contribution in [-0.4, -0.2) is 18.8 Å². The van der Waals surface area contributed by atoms with Crippen molar-refractivity contribution < 1.29 is 4.74 Å². The Labute approximate surface area is 110 Å². The zero-order chi connectivity index (χ0) is 11.8. The normalized spacial score (nSPS) is 30.8. The van der Waals surface area contributed by atoms with E-state index in [1.54, 1.807) is 0 Å². The summed E-state index contributed by atoms with van der Waals surface area (Å²) in [5.41, 5.74) is 7.61. The van der Waals surface area contributed by atoms with E-state index in [1.807, 2.05) is 18.2 Å². The summed E-state index contributed by atoms with van der Waals surface area (Å²) in [5, 5.41) is 3.48. The Morgan fingerprint density at radius 2 is 2.29 bits per heavy atom. The molecule has 3 atom stereocenters. The van der Waals surface area contributed by atoms with Gasteiger partial charge in [-0.25, -0.2) is 0 Å². The third-order valence-corrected chi connectivity index (χ3v) is 4.44. The van der Waals surface area contributed by atoms with E-state index in [0.717, 1.165) is 22.4 Å². The van der Waals surface area contributed by atoms with Gasteiger partial charge >= 0.3 is 0 Å². The van der Waals surface area contributed by atoms with Gasteiger partial charge in [-0.2, -0.15) is 0 Å². The van der Waals surface area contributed by atoms with Crippen molar-refractivity contribution in [3.63, 3.8) is 0 Å². The monoisotopic (exact) mass is 296 g/mol. The molecule has 0 aliphatic carbocycles. The highest BCUT2D eigenvalue weighted by atomic mass is 79.9. The number of fused-ring (bicyclic) bond motifs is 2. The first-order chi connectivity index (χ1) is 8.22. The standard InChI is InChI=1S/C13H17BrN2O/c14-11-6-9(15)1-3-12(11)16-7-8-5-10-2-4-13(8)17-10/h1,3,6,8,10,13,16H,2,4-5,7,15H2. The molecule has 1 aromatic carbocycles. The van der Waals surface area contributed by atoms with Gasteiger partial charge in [0.2, 0.25) is 0 Å². The van der Waals surface area contributed by atoms with Gasteiger partial charge in [-0.05, 0) is 53.4 Å². The van der Waals surface area contributed by atoms with Gasteiger partial charge in [0.25, 0.3) is 0 Å². The van der Waals surface area contributed by atoms with Crippen LogP contribution in [0.25, 0.3) is 0 Å². The highest BCUT2D eigenvalue weighted by molar-refractivity contribution is 9.10. The molecule has 2 fully saturated rings. The molecule has 92 valence electrons. The lowest BCUT2D eigenvalue weighted by Crippen LogP contribution is -2.24. The highest BCUT2D eigenvalue weighted by Gasteiger charge is 2.40. The minimum Gasteiger partial charge on any atom is -0.399 e. The van der Waals surface area contributed by atoms with Gasteiger partial charge in [-0.15, -0.1) is 0 Å². The maximum absolute atomic E-state index is 5.85. The van der Waals surface area contributed by atoms with Crippen LogP contribution in [0, 0.1) is 5.92 Å². The second kappa shape index (κ2) is 4.50. The van der Waals surface area contributed by atoms with Crippen LogP contribution in [-0.2, 0) is 4.74 Å². The predicted octanol–water partition coefficient (Wildman–Crippen LogP) is 3.01. The van der Waals surface area contributed by atoms with E-state index in [0.29, 0.717) is 18.1 Å². The fourth-order valence-corrected chi connectivity index (χ4v) is 3.41. The van der Waals surface area contributed by atoms with Crippen LogP contribution < -0.4 is 11.1 Å². The third-order valence-electron chi connectivity index (χ3n) is 3.78. The smallest absolute Gasteiger partial charge is 0.0625 e. The highest BCUT2D eigenvalue weighted by Crippen LogP contribution is 2.39. The third kappa shape index (κ3) is 2.29. The number of halogens is 1. The number of nitrogens with one attached hydrogen (secondary N) is 1. The summed E-state index contributed by atoms with van der Waals surface area (Å²) in [4.78, 5) is 0. The fraction of sp³-hybridized carbons (Fsp3) is 0.538. The molecule has 2 heterocycles. The molecule has 0 spiro atoms. The molecule has 2 aliphatic rings. The summed E-state index contributed by atoms with van der Waals surface area (Å²) in [6.45, 7) is 0.990. The zero-order valence-electron chi connectivity index (χ0n) is 9.66. The fourth-order valence-electron chi connectivity index (χ4n) is 2.87. The average Bonchev–Trinajstić information content (AvgIpc) is 2.89. The average molecular weight is 297 g/mol. The molecule has 3 nitrogen and oxygen atoms in total. The lowest BCUT2D eigenvalue weighted by atomic mass is 9.89. The molecule has 2 aliphatic heterocycles. The Morgan fingerprint density at radius 1 is 1.41 bits per heavy atom. The van der Waals surface area contributed by atoms with E-state index in [-0.39, 0.29) is 0 Å².